The third-order valence-corrected chi connectivity index (χ3v) is 5.88. The van der Waals surface area contributed by atoms with E-state index in [1.807, 2.05) is 62.4 Å². The number of rotatable bonds is 6. The van der Waals surface area contributed by atoms with Crippen molar-refractivity contribution >= 4 is 29.5 Å². The third-order valence-electron chi connectivity index (χ3n) is 5.10. The molecule has 8 heteroatoms. The maximum atomic E-state index is 6.33. The molecule has 0 saturated carbocycles. The summed E-state index contributed by atoms with van der Waals surface area (Å²) < 4.78 is 6.48. The minimum absolute atomic E-state index is 0.606. The van der Waals surface area contributed by atoms with E-state index in [9.17, 15) is 0 Å². The van der Waals surface area contributed by atoms with Crippen molar-refractivity contribution in [2.45, 2.75) is 33.6 Å². The first-order valence-electron chi connectivity index (χ1n) is 9.43. The number of aromatic nitrogens is 5. The van der Waals surface area contributed by atoms with Crippen LogP contribution in [-0.2, 0) is 19.8 Å². The van der Waals surface area contributed by atoms with Gasteiger partial charge in [-0.25, -0.2) is 4.68 Å². The van der Waals surface area contributed by atoms with E-state index in [4.69, 9.17) is 28.9 Å². The Morgan fingerprint density at radius 1 is 1.03 bits per heavy atom. The van der Waals surface area contributed by atoms with Crippen LogP contribution < -0.4 is 0 Å². The lowest BCUT2D eigenvalue weighted by Gasteiger charge is -2.17. The van der Waals surface area contributed by atoms with Crippen molar-refractivity contribution in [1.29, 1.82) is 0 Å². The fourth-order valence-electron chi connectivity index (χ4n) is 3.51. The summed E-state index contributed by atoms with van der Waals surface area (Å²) in [5.41, 5.74) is 5.31. The Bertz CT molecular complexity index is 1220. The van der Waals surface area contributed by atoms with Gasteiger partial charge in [0.25, 0.3) is 0 Å². The van der Waals surface area contributed by atoms with E-state index in [1.165, 1.54) is 5.56 Å². The van der Waals surface area contributed by atoms with Crippen molar-refractivity contribution < 1.29 is 0 Å². The molecule has 29 heavy (non-hydrogen) atoms. The highest BCUT2D eigenvalue weighted by Gasteiger charge is 2.15. The molecule has 4 aromatic rings. The molecule has 0 saturated heterocycles. The molecule has 0 fully saturated rings. The van der Waals surface area contributed by atoms with Crippen LogP contribution in [0.2, 0.25) is 5.02 Å². The Kier molecular flexibility index (Phi) is 5.54. The smallest absolute Gasteiger partial charge is 0.203 e. The van der Waals surface area contributed by atoms with Crippen LogP contribution >= 0.6 is 23.8 Å². The summed E-state index contributed by atoms with van der Waals surface area (Å²) in [6, 6.07) is 13.8. The lowest BCUT2D eigenvalue weighted by molar-refractivity contribution is 0.244. The van der Waals surface area contributed by atoms with E-state index in [2.05, 4.69) is 30.9 Å². The number of fused-ring (bicyclic) bond motifs is 1. The molecule has 0 N–H and O–H groups in total. The van der Waals surface area contributed by atoms with E-state index in [0.717, 1.165) is 34.2 Å². The van der Waals surface area contributed by atoms with Gasteiger partial charge in [-0.15, -0.1) is 0 Å². The molecule has 0 aliphatic rings. The summed E-state index contributed by atoms with van der Waals surface area (Å²) in [6.45, 7) is 6.19. The fourth-order valence-corrected chi connectivity index (χ4v) is 3.96. The molecular formula is C21H23ClN6S. The number of hydrogen-bond acceptors (Lipinski definition) is 4. The maximum absolute atomic E-state index is 6.33. The molecule has 6 nitrogen and oxygen atoms in total. The molecule has 3 aromatic heterocycles. The van der Waals surface area contributed by atoms with Gasteiger partial charge in [0.15, 0.2) is 5.65 Å². The van der Waals surface area contributed by atoms with Crippen LogP contribution in [0.1, 0.15) is 22.5 Å². The Morgan fingerprint density at radius 3 is 2.55 bits per heavy atom. The van der Waals surface area contributed by atoms with Crippen LogP contribution in [0.4, 0.5) is 0 Å². The van der Waals surface area contributed by atoms with Crippen LogP contribution in [0, 0.1) is 18.6 Å². The van der Waals surface area contributed by atoms with E-state index < -0.39 is 0 Å². The van der Waals surface area contributed by atoms with Crippen LogP contribution in [-0.4, -0.2) is 35.9 Å². The molecule has 0 amide bonds. The summed E-state index contributed by atoms with van der Waals surface area (Å²) in [7, 11) is 2.07. The van der Waals surface area contributed by atoms with Crippen LogP contribution in [0.3, 0.4) is 0 Å². The second-order valence-corrected chi connectivity index (χ2v) is 8.04. The normalized spacial score (nSPS) is 11.6. The van der Waals surface area contributed by atoms with Gasteiger partial charge >= 0.3 is 0 Å². The van der Waals surface area contributed by atoms with Gasteiger partial charge in [0.05, 0.1) is 18.9 Å². The number of nitrogens with zero attached hydrogens (tertiary/aromatic N) is 6. The van der Waals surface area contributed by atoms with E-state index >= 15 is 0 Å². The first-order valence-corrected chi connectivity index (χ1v) is 10.2. The molecular weight excluding hydrogens is 404 g/mol. The van der Waals surface area contributed by atoms with Gasteiger partial charge in [-0.05, 0) is 56.9 Å². The second-order valence-electron chi connectivity index (χ2n) is 7.26. The van der Waals surface area contributed by atoms with E-state index in [-0.39, 0.29) is 0 Å². The van der Waals surface area contributed by atoms with Crippen molar-refractivity contribution in [3.63, 3.8) is 0 Å². The van der Waals surface area contributed by atoms with Gasteiger partial charge in [-0.2, -0.15) is 10.2 Å². The number of aryl methyl sites for hydroxylation is 1. The van der Waals surface area contributed by atoms with Crippen molar-refractivity contribution in [2.24, 2.45) is 0 Å². The van der Waals surface area contributed by atoms with Gasteiger partial charge in [-0.1, -0.05) is 35.9 Å². The second kappa shape index (κ2) is 8.10. The SMILES string of the molecule is Cc1nn(Cc2ccccc2Cl)c(C)c1CN(C)Cn1nc2ccccn2c1=S. The largest absolute Gasteiger partial charge is 0.283 e. The number of halogens is 1. The monoisotopic (exact) mass is 426 g/mol. The number of hydrogen-bond donors (Lipinski definition) is 0. The minimum atomic E-state index is 0.606. The van der Waals surface area contributed by atoms with Crippen LogP contribution in [0.25, 0.3) is 5.65 Å². The zero-order valence-corrected chi connectivity index (χ0v) is 18.3. The number of benzene rings is 1. The van der Waals surface area contributed by atoms with Crippen LogP contribution in [0.15, 0.2) is 48.7 Å². The van der Waals surface area contributed by atoms with E-state index in [0.29, 0.717) is 18.0 Å². The van der Waals surface area contributed by atoms with Crippen molar-refractivity contribution in [1.82, 2.24) is 28.9 Å². The first kappa shape index (κ1) is 19.8. The Balaban J connectivity index is 1.53. The topological polar surface area (TPSA) is 43.3 Å². The molecule has 0 aliphatic heterocycles. The summed E-state index contributed by atoms with van der Waals surface area (Å²) in [6.07, 6.45) is 1.94. The molecule has 3 heterocycles. The van der Waals surface area contributed by atoms with Gasteiger partial charge in [0.1, 0.15) is 0 Å². The molecule has 1 aromatic carbocycles. The van der Waals surface area contributed by atoms with Crippen molar-refractivity contribution in [3.8, 4) is 0 Å². The fraction of sp³-hybridized carbons (Fsp3) is 0.286. The highest BCUT2D eigenvalue weighted by molar-refractivity contribution is 7.71. The highest BCUT2D eigenvalue weighted by Crippen LogP contribution is 2.20. The average Bonchev–Trinajstić information content (AvgIpc) is 3.15. The molecule has 0 bridgehead atoms. The highest BCUT2D eigenvalue weighted by atomic mass is 35.5. The standard InChI is InChI=1S/C21H23ClN6S/c1-15-18(16(2)27(23-15)12-17-8-4-5-9-19(17)22)13-25(3)14-28-21(29)26-11-7-6-10-20(26)24-28/h4-11H,12-14H2,1-3H3. The summed E-state index contributed by atoms with van der Waals surface area (Å²) in [4.78, 5) is 2.19. The van der Waals surface area contributed by atoms with Gasteiger partial charge in [0.2, 0.25) is 4.77 Å². The van der Waals surface area contributed by atoms with Crippen molar-refractivity contribution in [2.75, 3.05) is 7.05 Å². The van der Waals surface area contributed by atoms with E-state index in [1.54, 1.807) is 0 Å². The number of pyridine rings is 1. The predicted molar refractivity (Wildman–Crippen MR) is 118 cm³/mol. The average molecular weight is 427 g/mol. The Labute approximate surface area is 180 Å². The summed E-state index contributed by atoms with van der Waals surface area (Å²) >= 11 is 11.9. The molecule has 0 aliphatic carbocycles. The van der Waals surface area contributed by atoms with Gasteiger partial charge in [0, 0.05) is 29.0 Å². The zero-order valence-electron chi connectivity index (χ0n) is 16.7. The van der Waals surface area contributed by atoms with Gasteiger partial charge in [-0.3, -0.25) is 14.0 Å². The lowest BCUT2D eigenvalue weighted by Crippen LogP contribution is -2.23. The zero-order chi connectivity index (χ0) is 20.5. The molecule has 0 atom stereocenters. The summed E-state index contributed by atoms with van der Waals surface area (Å²) in [5.74, 6) is 0. The molecule has 0 unspecified atom stereocenters. The predicted octanol–water partition coefficient (Wildman–Crippen LogP) is 4.47. The third kappa shape index (κ3) is 3.99. The molecule has 4 rings (SSSR count). The Morgan fingerprint density at radius 2 is 1.79 bits per heavy atom. The Hall–Kier alpha value is -2.48. The molecule has 0 spiro atoms. The quantitative estimate of drug-likeness (QED) is 0.426. The van der Waals surface area contributed by atoms with Crippen molar-refractivity contribution in [3.05, 3.63) is 81.0 Å². The van der Waals surface area contributed by atoms with Crippen LogP contribution in [0.5, 0.6) is 0 Å². The minimum Gasteiger partial charge on any atom is -0.283 e. The molecule has 150 valence electrons. The summed E-state index contributed by atoms with van der Waals surface area (Å²) in [5, 5.41) is 10.1. The molecule has 0 radical (unpaired) electrons. The maximum Gasteiger partial charge on any atom is 0.203 e. The lowest BCUT2D eigenvalue weighted by atomic mass is 10.2. The first-order chi connectivity index (χ1) is 13.9. The van der Waals surface area contributed by atoms with Gasteiger partial charge < -0.3 is 0 Å².